The van der Waals surface area contributed by atoms with E-state index in [1.165, 1.54) is 0 Å². The molecule has 0 atom stereocenters. The van der Waals surface area contributed by atoms with Gasteiger partial charge in [-0.25, -0.2) is 0 Å². The summed E-state index contributed by atoms with van der Waals surface area (Å²) in [5.41, 5.74) is 0.421. The van der Waals surface area contributed by atoms with E-state index in [0.29, 0.717) is 5.41 Å². The van der Waals surface area contributed by atoms with Crippen molar-refractivity contribution < 1.29 is 0 Å². The molecule has 0 rings (SSSR count). The first-order valence-electron chi connectivity index (χ1n) is 2.02. The molecule has 0 aromatic heterocycles. The monoisotopic (exact) mass is 200 g/mol. The number of hydrogen-bond donors (Lipinski definition) is 0. The van der Waals surface area contributed by atoms with E-state index in [0.717, 1.165) is 0 Å². The van der Waals surface area contributed by atoms with E-state index in [4.69, 9.17) is 0 Å². The Bertz CT molecular complexity index is 49.4. The molecule has 0 aliphatic carbocycles. The Hall–Kier alpha value is 0.660. The molecule has 0 spiro atoms. The van der Waals surface area contributed by atoms with Crippen molar-refractivity contribution in [2.24, 2.45) is 5.41 Å². The molecule has 0 saturated carbocycles. The third kappa shape index (κ3) is 4.66. The van der Waals surface area contributed by atoms with Gasteiger partial charge in [0.05, 0.1) is 0 Å². The summed E-state index contributed by atoms with van der Waals surface area (Å²) < 4.78 is 2.20. The van der Waals surface area contributed by atoms with Gasteiger partial charge in [-0.3, -0.25) is 0 Å². The van der Waals surface area contributed by atoms with Crippen LogP contribution in [0.2, 0.25) is 0 Å². The van der Waals surface area contributed by atoms with Crippen LogP contribution in [0.5, 0.6) is 0 Å². The standard InChI is InChI=1S/C5H10Te/c1-5(2,3)4-6/h4H,1-3H3. The summed E-state index contributed by atoms with van der Waals surface area (Å²) >= 11 is 2.02. The predicted molar refractivity (Wildman–Crippen MR) is 31.3 cm³/mol. The molecule has 0 amide bonds. The Morgan fingerprint density at radius 1 is 1.33 bits per heavy atom. The summed E-state index contributed by atoms with van der Waals surface area (Å²) in [6, 6.07) is 0. The van der Waals surface area contributed by atoms with Gasteiger partial charge in [0.15, 0.2) is 0 Å². The normalized spacial score (nSPS) is 11.2. The van der Waals surface area contributed by atoms with Crippen LogP contribution in [-0.4, -0.2) is 25.9 Å². The van der Waals surface area contributed by atoms with Gasteiger partial charge in [0.2, 0.25) is 0 Å². The first kappa shape index (κ1) is 6.66. The third-order valence-electron chi connectivity index (χ3n) is 0.354. The zero-order chi connectivity index (χ0) is 5.21. The van der Waals surface area contributed by atoms with E-state index in [-0.39, 0.29) is 0 Å². The second-order valence-electron chi connectivity index (χ2n) is 2.48. The van der Waals surface area contributed by atoms with Crippen LogP contribution < -0.4 is 0 Å². The van der Waals surface area contributed by atoms with Crippen LogP contribution in [0, 0.1) is 5.41 Å². The van der Waals surface area contributed by atoms with Crippen LogP contribution >= 0.6 is 0 Å². The van der Waals surface area contributed by atoms with E-state index in [2.05, 4.69) is 24.8 Å². The fraction of sp³-hybridized carbons (Fsp3) is 0.800. The molecule has 36 valence electrons. The van der Waals surface area contributed by atoms with Gasteiger partial charge in [-0.15, -0.1) is 0 Å². The Labute approximate surface area is 52.3 Å². The summed E-state index contributed by atoms with van der Waals surface area (Å²) in [5, 5.41) is 0. The van der Waals surface area contributed by atoms with E-state index < -0.39 is 0 Å². The molecule has 0 radical (unpaired) electrons. The Morgan fingerprint density at radius 3 is 1.50 bits per heavy atom. The molecule has 1 heteroatoms. The minimum absolute atomic E-state index is 0.421. The molecule has 0 saturated heterocycles. The van der Waals surface area contributed by atoms with Crippen LogP contribution in [0.1, 0.15) is 20.8 Å². The van der Waals surface area contributed by atoms with Crippen LogP contribution in [0.3, 0.4) is 0 Å². The number of hydrogen-bond acceptors (Lipinski definition) is 0. The van der Waals surface area contributed by atoms with Gasteiger partial charge in [0, 0.05) is 0 Å². The van der Waals surface area contributed by atoms with Crippen molar-refractivity contribution in [1.29, 1.82) is 0 Å². The summed E-state index contributed by atoms with van der Waals surface area (Å²) in [6.07, 6.45) is 0. The van der Waals surface area contributed by atoms with E-state index in [1.54, 1.807) is 0 Å². The fourth-order valence-corrected chi connectivity index (χ4v) is 0. The second-order valence-corrected chi connectivity index (χ2v) is 3.16. The molecular formula is C5H10Te. The van der Waals surface area contributed by atoms with Gasteiger partial charge in [0.25, 0.3) is 0 Å². The van der Waals surface area contributed by atoms with Crippen molar-refractivity contribution in [3.8, 4) is 0 Å². The maximum atomic E-state index is 2.20. The van der Waals surface area contributed by atoms with Gasteiger partial charge in [-0.2, -0.15) is 0 Å². The average molecular weight is 198 g/mol. The summed E-state index contributed by atoms with van der Waals surface area (Å²) in [7, 11) is 0. The zero-order valence-electron chi connectivity index (χ0n) is 4.49. The molecule has 0 aliphatic rings. The van der Waals surface area contributed by atoms with E-state index >= 15 is 0 Å². The van der Waals surface area contributed by atoms with Gasteiger partial charge >= 0.3 is 52.1 Å². The quantitative estimate of drug-likeness (QED) is 0.509. The summed E-state index contributed by atoms with van der Waals surface area (Å²) in [5.74, 6) is 0. The summed E-state index contributed by atoms with van der Waals surface area (Å²) in [4.78, 5) is 0. The van der Waals surface area contributed by atoms with Crippen molar-refractivity contribution in [3.63, 3.8) is 0 Å². The molecule has 0 aromatic carbocycles. The molecule has 0 bridgehead atoms. The molecular weight excluding hydrogens is 188 g/mol. The molecule has 0 fully saturated rings. The van der Waals surface area contributed by atoms with E-state index in [1.807, 2.05) is 21.8 Å². The molecule has 0 aromatic rings. The zero-order valence-corrected chi connectivity index (χ0v) is 6.82. The summed E-state index contributed by atoms with van der Waals surface area (Å²) in [6.45, 7) is 6.57. The van der Waals surface area contributed by atoms with Crippen LogP contribution in [0.25, 0.3) is 0 Å². The topological polar surface area (TPSA) is 0 Å². The van der Waals surface area contributed by atoms with Crippen molar-refractivity contribution in [1.82, 2.24) is 0 Å². The van der Waals surface area contributed by atoms with Gasteiger partial charge < -0.3 is 0 Å². The predicted octanol–water partition coefficient (Wildman–Crippen LogP) is 1.00. The van der Waals surface area contributed by atoms with Crippen molar-refractivity contribution in [2.45, 2.75) is 20.8 Å². The van der Waals surface area contributed by atoms with Crippen molar-refractivity contribution in [3.05, 3.63) is 0 Å². The van der Waals surface area contributed by atoms with Crippen LogP contribution in [-0.2, 0) is 0 Å². The first-order chi connectivity index (χ1) is 2.56. The van der Waals surface area contributed by atoms with Gasteiger partial charge in [-0.1, -0.05) is 0 Å². The SMILES string of the molecule is CC(C)(C)C=[Te]. The molecule has 0 nitrogen and oxygen atoms in total. The molecule has 0 aliphatic heterocycles. The number of rotatable bonds is 0. The van der Waals surface area contributed by atoms with Gasteiger partial charge in [-0.05, 0) is 0 Å². The Balaban J connectivity index is 3.45. The third-order valence-corrected chi connectivity index (χ3v) is 2.37. The minimum atomic E-state index is 0.421. The van der Waals surface area contributed by atoms with Crippen LogP contribution in [0.4, 0.5) is 0 Å². The second kappa shape index (κ2) is 2.09. The van der Waals surface area contributed by atoms with Gasteiger partial charge in [0.1, 0.15) is 0 Å². The molecule has 6 heavy (non-hydrogen) atoms. The van der Waals surface area contributed by atoms with E-state index in [9.17, 15) is 0 Å². The van der Waals surface area contributed by atoms with Crippen molar-refractivity contribution in [2.75, 3.05) is 0 Å². The molecule has 0 heterocycles. The fourth-order valence-electron chi connectivity index (χ4n) is 0. The van der Waals surface area contributed by atoms with Crippen molar-refractivity contribution >= 4 is 25.9 Å². The molecule has 0 unspecified atom stereocenters. The molecule has 0 N–H and O–H groups in total. The Kier molecular flexibility index (Phi) is 2.32. The average Bonchev–Trinajstić information content (AvgIpc) is 1.35. The van der Waals surface area contributed by atoms with Crippen LogP contribution in [0.15, 0.2) is 0 Å². The maximum absolute atomic E-state index is 2.20. The first-order valence-corrected chi connectivity index (χ1v) is 3.37. The Morgan fingerprint density at radius 2 is 1.50 bits per heavy atom.